The Morgan fingerprint density at radius 3 is 2.71 bits per heavy atom. The summed E-state index contributed by atoms with van der Waals surface area (Å²) in [7, 11) is 1.59. The summed E-state index contributed by atoms with van der Waals surface area (Å²) in [4.78, 5) is 12.3. The molecule has 0 aliphatic heterocycles. The zero-order valence-electron chi connectivity index (χ0n) is 10.7. The summed E-state index contributed by atoms with van der Waals surface area (Å²) in [5.41, 5.74) is 0.759. The molecule has 0 bridgehead atoms. The van der Waals surface area contributed by atoms with E-state index < -0.39 is 3.79 Å². The van der Waals surface area contributed by atoms with Crippen LogP contribution in [0.15, 0.2) is 30.6 Å². The second-order valence-corrected chi connectivity index (χ2v) is 6.36. The molecule has 0 N–H and O–H groups in total. The molecule has 6 nitrogen and oxygen atoms in total. The average molecular weight is 345 g/mol. The zero-order valence-corrected chi connectivity index (χ0v) is 12.9. The van der Waals surface area contributed by atoms with E-state index in [1.54, 1.807) is 13.2 Å². The molecular formula is C12H8Cl3N5O. The quantitative estimate of drug-likeness (QED) is 0.669. The number of aromatic nitrogens is 5. The molecule has 108 valence electrons. The highest BCUT2D eigenvalue weighted by atomic mass is 35.6. The predicted octanol–water partition coefficient (Wildman–Crippen LogP) is 3.02. The summed E-state index contributed by atoms with van der Waals surface area (Å²) in [6.45, 7) is 0. The Morgan fingerprint density at radius 1 is 1.19 bits per heavy atom. The van der Waals surface area contributed by atoms with Crippen molar-refractivity contribution in [1.29, 1.82) is 0 Å². The van der Waals surface area contributed by atoms with Gasteiger partial charge in [-0.2, -0.15) is 14.5 Å². The van der Waals surface area contributed by atoms with Crippen molar-refractivity contribution in [2.75, 3.05) is 7.11 Å². The molecule has 2 aromatic heterocycles. The summed E-state index contributed by atoms with van der Waals surface area (Å²) in [6, 6.07) is 7.31. The summed E-state index contributed by atoms with van der Waals surface area (Å²) >= 11 is 17.6. The van der Waals surface area contributed by atoms with Gasteiger partial charge in [0.15, 0.2) is 11.6 Å². The van der Waals surface area contributed by atoms with E-state index in [-0.39, 0.29) is 5.82 Å². The van der Waals surface area contributed by atoms with Crippen LogP contribution in [0.4, 0.5) is 0 Å². The van der Waals surface area contributed by atoms with E-state index in [9.17, 15) is 0 Å². The maximum atomic E-state index is 5.87. The maximum Gasteiger partial charge on any atom is 0.256 e. The summed E-state index contributed by atoms with van der Waals surface area (Å²) in [5, 5.41) is 4.30. The minimum absolute atomic E-state index is 0.124. The molecule has 21 heavy (non-hydrogen) atoms. The lowest BCUT2D eigenvalue weighted by Gasteiger charge is -2.09. The standard InChI is InChI=1S/C12H8Cl3N5O/c1-21-8-4-2-3-7(5-8)9-18-11-17-6-16-10(12(13,14)15)20(11)19-9/h2-6H,1H3. The third kappa shape index (κ3) is 2.74. The number of rotatable bonds is 2. The van der Waals surface area contributed by atoms with Gasteiger partial charge in [-0.05, 0) is 12.1 Å². The van der Waals surface area contributed by atoms with Crippen LogP contribution < -0.4 is 4.74 Å². The Hall–Kier alpha value is -1.63. The van der Waals surface area contributed by atoms with E-state index in [2.05, 4.69) is 20.1 Å². The van der Waals surface area contributed by atoms with Crippen LogP contribution in [0, 0.1) is 0 Å². The van der Waals surface area contributed by atoms with E-state index in [1.165, 1.54) is 10.8 Å². The molecule has 0 amide bonds. The van der Waals surface area contributed by atoms with E-state index >= 15 is 0 Å². The van der Waals surface area contributed by atoms with Gasteiger partial charge in [0.25, 0.3) is 5.78 Å². The van der Waals surface area contributed by atoms with Gasteiger partial charge in [-0.15, -0.1) is 5.10 Å². The Morgan fingerprint density at radius 2 is 2.00 bits per heavy atom. The first kappa shape index (κ1) is 14.3. The molecule has 0 fully saturated rings. The molecule has 0 saturated carbocycles. The van der Waals surface area contributed by atoms with Gasteiger partial charge in [-0.3, -0.25) is 0 Å². The highest BCUT2D eigenvalue weighted by molar-refractivity contribution is 6.66. The Labute approximate surface area is 134 Å². The third-order valence-electron chi connectivity index (χ3n) is 2.73. The molecule has 2 heterocycles. The molecule has 1 aromatic carbocycles. The highest BCUT2D eigenvalue weighted by Gasteiger charge is 2.29. The number of methoxy groups -OCH3 is 1. The Kier molecular flexibility index (Phi) is 3.61. The van der Waals surface area contributed by atoms with Crippen LogP contribution in [0.5, 0.6) is 5.75 Å². The summed E-state index contributed by atoms with van der Waals surface area (Å²) < 4.78 is 4.76. The van der Waals surface area contributed by atoms with Crippen molar-refractivity contribution in [3.63, 3.8) is 0 Å². The molecule has 0 atom stereocenters. The number of hydrogen-bond donors (Lipinski definition) is 0. The average Bonchev–Trinajstić information content (AvgIpc) is 2.90. The number of benzene rings is 1. The van der Waals surface area contributed by atoms with Crippen LogP contribution in [-0.4, -0.2) is 31.7 Å². The first-order valence-corrected chi connectivity index (χ1v) is 6.92. The highest BCUT2D eigenvalue weighted by Crippen LogP contribution is 2.36. The fourth-order valence-corrected chi connectivity index (χ4v) is 2.18. The molecule has 3 rings (SSSR count). The molecule has 9 heteroatoms. The lowest BCUT2D eigenvalue weighted by molar-refractivity contribution is 0.415. The lowest BCUT2D eigenvalue weighted by Crippen LogP contribution is -2.12. The molecule has 0 unspecified atom stereocenters. The summed E-state index contributed by atoms with van der Waals surface area (Å²) in [6.07, 6.45) is 1.27. The normalized spacial score (nSPS) is 11.8. The largest absolute Gasteiger partial charge is 0.497 e. The number of nitrogens with zero attached hydrogens (tertiary/aromatic N) is 5. The van der Waals surface area contributed by atoms with Crippen molar-refractivity contribution >= 4 is 40.6 Å². The van der Waals surface area contributed by atoms with Crippen molar-refractivity contribution in [1.82, 2.24) is 24.6 Å². The first-order chi connectivity index (χ1) is 9.99. The Balaban J connectivity index is 2.17. The van der Waals surface area contributed by atoms with Crippen molar-refractivity contribution in [2.45, 2.75) is 3.79 Å². The fourth-order valence-electron chi connectivity index (χ4n) is 1.80. The van der Waals surface area contributed by atoms with Gasteiger partial charge in [0.2, 0.25) is 3.79 Å². The monoisotopic (exact) mass is 343 g/mol. The van der Waals surface area contributed by atoms with Crippen LogP contribution in [-0.2, 0) is 3.79 Å². The van der Waals surface area contributed by atoms with Gasteiger partial charge in [-0.25, -0.2) is 4.98 Å². The second kappa shape index (κ2) is 5.29. The van der Waals surface area contributed by atoms with Crippen molar-refractivity contribution < 1.29 is 4.74 Å². The second-order valence-electron chi connectivity index (χ2n) is 4.07. The minimum Gasteiger partial charge on any atom is -0.497 e. The number of hydrogen-bond acceptors (Lipinski definition) is 5. The first-order valence-electron chi connectivity index (χ1n) is 5.78. The van der Waals surface area contributed by atoms with Crippen LogP contribution >= 0.6 is 34.8 Å². The summed E-state index contributed by atoms with van der Waals surface area (Å²) in [5.74, 6) is 1.55. The smallest absolute Gasteiger partial charge is 0.256 e. The molecule has 3 aromatic rings. The molecule has 0 spiro atoms. The van der Waals surface area contributed by atoms with Gasteiger partial charge in [0, 0.05) is 5.56 Å². The molecule has 0 saturated heterocycles. The van der Waals surface area contributed by atoms with Crippen LogP contribution in [0.25, 0.3) is 17.2 Å². The number of alkyl halides is 3. The van der Waals surface area contributed by atoms with E-state index in [4.69, 9.17) is 39.5 Å². The van der Waals surface area contributed by atoms with Crippen LogP contribution in [0.3, 0.4) is 0 Å². The van der Waals surface area contributed by atoms with Crippen LogP contribution in [0.1, 0.15) is 5.82 Å². The van der Waals surface area contributed by atoms with Crippen molar-refractivity contribution in [3.8, 4) is 17.1 Å². The SMILES string of the molecule is COc1cccc(-c2nc3ncnc(C(Cl)(Cl)Cl)n3n2)c1. The van der Waals surface area contributed by atoms with E-state index in [0.29, 0.717) is 17.4 Å². The number of ether oxygens (including phenoxy) is 1. The molecule has 0 aliphatic rings. The van der Waals surface area contributed by atoms with E-state index in [1.807, 2.05) is 18.2 Å². The van der Waals surface area contributed by atoms with Gasteiger partial charge >= 0.3 is 0 Å². The number of fused-ring (bicyclic) bond motifs is 1. The van der Waals surface area contributed by atoms with Gasteiger partial charge < -0.3 is 4.74 Å². The van der Waals surface area contributed by atoms with Gasteiger partial charge in [0.1, 0.15) is 12.1 Å². The molecule has 0 aliphatic carbocycles. The Bertz CT molecular complexity index is 799. The molecular weight excluding hydrogens is 337 g/mol. The minimum atomic E-state index is -1.72. The van der Waals surface area contributed by atoms with Crippen molar-refractivity contribution in [3.05, 3.63) is 36.4 Å². The fraction of sp³-hybridized carbons (Fsp3) is 0.167. The zero-order chi connectivity index (χ0) is 15.0. The van der Waals surface area contributed by atoms with Gasteiger partial charge in [-0.1, -0.05) is 46.9 Å². The van der Waals surface area contributed by atoms with Gasteiger partial charge in [0.05, 0.1) is 7.11 Å². The maximum absolute atomic E-state index is 5.87. The number of halogens is 3. The lowest BCUT2D eigenvalue weighted by atomic mass is 10.2. The third-order valence-corrected chi connectivity index (χ3v) is 3.23. The topological polar surface area (TPSA) is 65.2 Å². The van der Waals surface area contributed by atoms with Crippen LogP contribution in [0.2, 0.25) is 0 Å². The van der Waals surface area contributed by atoms with E-state index in [0.717, 1.165) is 5.56 Å². The predicted molar refractivity (Wildman–Crippen MR) is 79.8 cm³/mol. The van der Waals surface area contributed by atoms with Crippen molar-refractivity contribution in [2.24, 2.45) is 0 Å². The molecule has 0 radical (unpaired) electrons.